The van der Waals surface area contributed by atoms with Crippen molar-refractivity contribution in [3.05, 3.63) is 71.5 Å². The van der Waals surface area contributed by atoms with Crippen LogP contribution in [0.25, 0.3) is 0 Å². The third-order valence-corrected chi connectivity index (χ3v) is 3.50. The van der Waals surface area contributed by atoms with Crippen molar-refractivity contribution in [3.8, 4) is 0 Å². The fourth-order valence-corrected chi connectivity index (χ4v) is 2.25. The van der Waals surface area contributed by atoms with E-state index < -0.39 is 17.8 Å². The van der Waals surface area contributed by atoms with Crippen molar-refractivity contribution >= 4 is 11.9 Å². The molecule has 2 aromatic rings. The lowest BCUT2D eigenvalue weighted by Gasteiger charge is -2.15. The molecule has 120 valence electrons. The molecule has 1 amide bonds. The predicted molar refractivity (Wildman–Crippen MR) is 84.4 cm³/mol. The molecule has 0 aliphatic heterocycles. The summed E-state index contributed by atoms with van der Waals surface area (Å²) >= 11 is 0. The van der Waals surface area contributed by atoms with E-state index in [4.69, 9.17) is 0 Å². The fraction of sp³-hybridized carbons (Fsp3) is 0.222. The van der Waals surface area contributed by atoms with E-state index >= 15 is 0 Å². The number of benzene rings is 2. The molecule has 2 rings (SSSR count). The van der Waals surface area contributed by atoms with Crippen LogP contribution in [-0.2, 0) is 22.4 Å². The molecule has 0 aliphatic carbocycles. The number of aliphatic carboxylic acids is 1. The van der Waals surface area contributed by atoms with E-state index in [9.17, 15) is 19.1 Å². The van der Waals surface area contributed by atoms with Crippen molar-refractivity contribution in [3.63, 3.8) is 0 Å². The quantitative estimate of drug-likeness (QED) is 0.825. The minimum Gasteiger partial charge on any atom is -0.480 e. The van der Waals surface area contributed by atoms with Gasteiger partial charge < -0.3 is 10.4 Å². The summed E-state index contributed by atoms with van der Waals surface area (Å²) in [5.41, 5.74) is 1.27. The summed E-state index contributed by atoms with van der Waals surface area (Å²) in [6.07, 6.45) is 0.628. The summed E-state index contributed by atoms with van der Waals surface area (Å²) in [6, 6.07) is 14.3. The van der Waals surface area contributed by atoms with Crippen LogP contribution in [0, 0.1) is 5.82 Å². The molecule has 0 aromatic heterocycles. The van der Waals surface area contributed by atoms with Crippen molar-refractivity contribution < 1.29 is 19.1 Å². The standard InChI is InChI=1S/C18H18FNO3/c19-15-9-5-4-8-14(15)12-16(18(22)23)20-17(21)11-10-13-6-2-1-3-7-13/h1-9,16H,10-12H2,(H,20,21)(H,22,23)/t16-/m1/s1. The third-order valence-electron chi connectivity index (χ3n) is 3.50. The Hall–Kier alpha value is -2.69. The second-order valence-electron chi connectivity index (χ2n) is 5.24. The second kappa shape index (κ2) is 8.08. The number of carbonyl (C=O) groups is 2. The highest BCUT2D eigenvalue weighted by Gasteiger charge is 2.21. The Morgan fingerprint density at radius 3 is 2.35 bits per heavy atom. The van der Waals surface area contributed by atoms with Gasteiger partial charge in [0.15, 0.2) is 0 Å². The minimum atomic E-state index is -1.18. The van der Waals surface area contributed by atoms with E-state index in [1.165, 1.54) is 18.2 Å². The summed E-state index contributed by atoms with van der Waals surface area (Å²) in [7, 11) is 0. The van der Waals surface area contributed by atoms with Crippen LogP contribution in [0.1, 0.15) is 17.5 Å². The highest BCUT2D eigenvalue weighted by Crippen LogP contribution is 2.10. The van der Waals surface area contributed by atoms with E-state index in [0.717, 1.165) is 5.56 Å². The number of carbonyl (C=O) groups excluding carboxylic acids is 1. The second-order valence-corrected chi connectivity index (χ2v) is 5.24. The van der Waals surface area contributed by atoms with Crippen molar-refractivity contribution in [1.29, 1.82) is 0 Å². The van der Waals surface area contributed by atoms with Gasteiger partial charge in [0.2, 0.25) is 5.91 Å². The Kier molecular flexibility index (Phi) is 5.86. The number of amides is 1. The van der Waals surface area contributed by atoms with E-state index in [-0.39, 0.29) is 24.3 Å². The largest absolute Gasteiger partial charge is 0.480 e. The molecule has 0 radical (unpaired) electrons. The first-order valence-corrected chi connectivity index (χ1v) is 7.36. The molecule has 0 unspecified atom stereocenters. The van der Waals surface area contributed by atoms with Gasteiger partial charge >= 0.3 is 5.97 Å². The molecule has 0 fully saturated rings. The first-order chi connectivity index (χ1) is 11.1. The molecule has 2 N–H and O–H groups in total. The van der Waals surface area contributed by atoms with Gasteiger partial charge in [0.1, 0.15) is 11.9 Å². The Morgan fingerprint density at radius 1 is 1.04 bits per heavy atom. The molecule has 0 saturated heterocycles. The number of aryl methyl sites for hydroxylation is 1. The number of carboxylic acids is 1. The van der Waals surface area contributed by atoms with E-state index in [2.05, 4.69) is 5.32 Å². The zero-order chi connectivity index (χ0) is 16.7. The number of nitrogens with one attached hydrogen (secondary N) is 1. The molecule has 5 heteroatoms. The number of carboxylic acid groups (broad SMARTS) is 1. The van der Waals surface area contributed by atoms with Gasteiger partial charge in [-0.2, -0.15) is 0 Å². The first-order valence-electron chi connectivity index (χ1n) is 7.36. The van der Waals surface area contributed by atoms with Gasteiger partial charge in [-0.25, -0.2) is 9.18 Å². The molecular formula is C18H18FNO3. The van der Waals surface area contributed by atoms with E-state index in [1.54, 1.807) is 6.07 Å². The van der Waals surface area contributed by atoms with Crippen LogP contribution < -0.4 is 5.32 Å². The third kappa shape index (κ3) is 5.21. The first kappa shape index (κ1) is 16.7. The van der Waals surface area contributed by atoms with Crippen molar-refractivity contribution in [2.24, 2.45) is 0 Å². The van der Waals surface area contributed by atoms with Gasteiger partial charge in [-0.05, 0) is 23.6 Å². The Balaban J connectivity index is 1.92. The highest BCUT2D eigenvalue weighted by atomic mass is 19.1. The fourth-order valence-electron chi connectivity index (χ4n) is 2.25. The van der Waals surface area contributed by atoms with Crippen LogP contribution in [-0.4, -0.2) is 23.0 Å². The number of hydrogen-bond donors (Lipinski definition) is 2. The van der Waals surface area contributed by atoms with Gasteiger partial charge in [-0.1, -0.05) is 48.5 Å². The average molecular weight is 315 g/mol. The molecule has 0 bridgehead atoms. The number of hydrogen-bond acceptors (Lipinski definition) is 2. The van der Waals surface area contributed by atoms with Crippen LogP contribution in [0.3, 0.4) is 0 Å². The van der Waals surface area contributed by atoms with Crippen LogP contribution in [0.2, 0.25) is 0 Å². The lowest BCUT2D eigenvalue weighted by atomic mass is 10.0. The zero-order valence-electron chi connectivity index (χ0n) is 12.5. The van der Waals surface area contributed by atoms with Crippen LogP contribution in [0.5, 0.6) is 0 Å². The summed E-state index contributed by atoms with van der Waals surface area (Å²) in [6.45, 7) is 0. The monoisotopic (exact) mass is 315 g/mol. The molecule has 0 saturated carbocycles. The lowest BCUT2D eigenvalue weighted by molar-refractivity contribution is -0.141. The van der Waals surface area contributed by atoms with Gasteiger partial charge in [0.05, 0.1) is 0 Å². The number of rotatable bonds is 7. The van der Waals surface area contributed by atoms with E-state index in [1.807, 2.05) is 30.3 Å². The predicted octanol–water partition coefficient (Wildman–Crippen LogP) is 2.57. The minimum absolute atomic E-state index is 0.0842. The van der Waals surface area contributed by atoms with Gasteiger partial charge in [-0.3, -0.25) is 4.79 Å². The molecule has 4 nitrogen and oxygen atoms in total. The molecule has 2 aromatic carbocycles. The lowest BCUT2D eigenvalue weighted by Crippen LogP contribution is -2.42. The van der Waals surface area contributed by atoms with Gasteiger partial charge in [0.25, 0.3) is 0 Å². The maximum atomic E-state index is 13.6. The Bertz CT molecular complexity index is 673. The van der Waals surface area contributed by atoms with Gasteiger partial charge in [-0.15, -0.1) is 0 Å². The van der Waals surface area contributed by atoms with Crippen LogP contribution in [0.15, 0.2) is 54.6 Å². The van der Waals surface area contributed by atoms with Crippen LogP contribution >= 0.6 is 0 Å². The highest BCUT2D eigenvalue weighted by molar-refractivity contribution is 5.83. The van der Waals surface area contributed by atoms with Crippen LogP contribution in [0.4, 0.5) is 4.39 Å². The molecule has 1 atom stereocenters. The van der Waals surface area contributed by atoms with Crippen molar-refractivity contribution in [1.82, 2.24) is 5.32 Å². The summed E-state index contributed by atoms with van der Waals surface area (Å²) < 4.78 is 13.6. The summed E-state index contributed by atoms with van der Waals surface area (Å²) in [5, 5.41) is 11.7. The Morgan fingerprint density at radius 2 is 1.70 bits per heavy atom. The molecule has 23 heavy (non-hydrogen) atoms. The van der Waals surface area contributed by atoms with Gasteiger partial charge in [0, 0.05) is 12.8 Å². The van der Waals surface area contributed by atoms with Crippen molar-refractivity contribution in [2.75, 3.05) is 0 Å². The molecule has 0 heterocycles. The topological polar surface area (TPSA) is 66.4 Å². The maximum absolute atomic E-state index is 13.6. The molecule has 0 spiro atoms. The SMILES string of the molecule is O=C(CCc1ccccc1)N[C@H](Cc1ccccc1F)C(=O)O. The molecule has 0 aliphatic rings. The number of halogens is 1. The molecular weight excluding hydrogens is 297 g/mol. The normalized spacial score (nSPS) is 11.7. The van der Waals surface area contributed by atoms with E-state index in [0.29, 0.717) is 6.42 Å². The smallest absolute Gasteiger partial charge is 0.326 e. The average Bonchev–Trinajstić information content (AvgIpc) is 2.55. The zero-order valence-corrected chi connectivity index (χ0v) is 12.5. The Labute approximate surface area is 134 Å². The summed E-state index contributed by atoms with van der Waals surface area (Å²) in [4.78, 5) is 23.2. The maximum Gasteiger partial charge on any atom is 0.326 e. The van der Waals surface area contributed by atoms with Crippen molar-refractivity contribution in [2.45, 2.75) is 25.3 Å². The summed E-state index contributed by atoms with van der Waals surface area (Å²) in [5.74, 6) is -2.02.